The lowest BCUT2D eigenvalue weighted by Gasteiger charge is -2.28. The van der Waals surface area contributed by atoms with E-state index in [-0.39, 0.29) is 11.6 Å². The summed E-state index contributed by atoms with van der Waals surface area (Å²) >= 11 is 0. The highest BCUT2D eigenvalue weighted by Gasteiger charge is 2.54. The van der Waals surface area contributed by atoms with E-state index in [2.05, 4.69) is 38.1 Å². The molecule has 0 spiro atoms. The fourth-order valence-corrected chi connectivity index (χ4v) is 3.13. The van der Waals surface area contributed by atoms with Crippen LogP contribution in [-0.4, -0.2) is 11.6 Å². The van der Waals surface area contributed by atoms with Crippen molar-refractivity contribution in [3.05, 3.63) is 60.5 Å². The lowest BCUT2D eigenvalue weighted by molar-refractivity contribution is 0.554. The average molecular weight is 271 g/mol. The van der Waals surface area contributed by atoms with E-state index >= 15 is 0 Å². The first kappa shape index (κ1) is 14.7. The van der Waals surface area contributed by atoms with Gasteiger partial charge in [-0.1, -0.05) is 51.3 Å². The minimum absolute atomic E-state index is 0.0464. The van der Waals surface area contributed by atoms with E-state index in [1.54, 1.807) is 0 Å². The predicted octanol–water partition coefficient (Wildman–Crippen LogP) is 2.50. The van der Waals surface area contributed by atoms with Gasteiger partial charge in [-0.05, 0) is 29.9 Å². The van der Waals surface area contributed by atoms with Crippen LogP contribution in [0.15, 0.2) is 60.5 Å². The van der Waals surface area contributed by atoms with Crippen molar-refractivity contribution >= 4 is 0 Å². The first-order valence-corrected chi connectivity index (χ1v) is 7.17. The molecule has 0 radical (unpaired) electrons. The van der Waals surface area contributed by atoms with Gasteiger partial charge in [-0.15, -0.1) is 0 Å². The SMILES string of the molecule is C=CC1=C(C(=C)NC2(C(=C)N)CC2CC)C(N)CC=C1. The summed E-state index contributed by atoms with van der Waals surface area (Å²) in [6.07, 6.45) is 8.86. The summed E-state index contributed by atoms with van der Waals surface area (Å²) in [5.41, 5.74) is 15.6. The monoisotopic (exact) mass is 271 g/mol. The van der Waals surface area contributed by atoms with Gasteiger partial charge in [-0.3, -0.25) is 0 Å². The Morgan fingerprint density at radius 2 is 2.25 bits per heavy atom. The number of hydrogen-bond donors (Lipinski definition) is 3. The van der Waals surface area contributed by atoms with Gasteiger partial charge in [-0.2, -0.15) is 0 Å². The van der Waals surface area contributed by atoms with Crippen molar-refractivity contribution in [3.63, 3.8) is 0 Å². The molecule has 0 amide bonds. The molecule has 2 aliphatic carbocycles. The Kier molecular flexibility index (Phi) is 3.91. The Morgan fingerprint density at radius 1 is 1.55 bits per heavy atom. The van der Waals surface area contributed by atoms with E-state index in [4.69, 9.17) is 11.5 Å². The molecule has 1 saturated carbocycles. The van der Waals surface area contributed by atoms with Crippen molar-refractivity contribution in [2.45, 2.75) is 37.8 Å². The number of hydrogen-bond acceptors (Lipinski definition) is 3. The molecule has 0 bridgehead atoms. The molecule has 0 heterocycles. The minimum Gasteiger partial charge on any atom is -0.401 e. The summed E-state index contributed by atoms with van der Waals surface area (Å²) in [5, 5.41) is 3.49. The Balaban J connectivity index is 2.24. The van der Waals surface area contributed by atoms with Crippen LogP contribution in [0.3, 0.4) is 0 Å². The van der Waals surface area contributed by atoms with Crippen LogP contribution in [-0.2, 0) is 0 Å². The van der Waals surface area contributed by atoms with Gasteiger partial charge < -0.3 is 16.8 Å². The molecular weight excluding hydrogens is 246 g/mol. The third-order valence-electron chi connectivity index (χ3n) is 4.46. The largest absolute Gasteiger partial charge is 0.401 e. The van der Waals surface area contributed by atoms with Crippen molar-refractivity contribution in [3.8, 4) is 0 Å². The zero-order valence-electron chi connectivity index (χ0n) is 12.3. The van der Waals surface area contributed by atoms with Gasteiger partial charge in [0.25, 0.3) is 0 Å². The summed E-state index contributed by atoms with van der Waals surface area (Å²) in [6.45, 7) is 14.1. The van der Waals surface area contributed by atoms with Crippen LogP contribution in [0.2, 0.25) is 0 Å². The molecule has 3 nitrogen and oxygen atoms in total. The molecule has 2 rings (SSSR count). The third-order valence-corrected chi connectivity index (χ3v) is 4.46. The van der Waals surface area contributed by atoms with Crippen LogP contribution in [0.5, 0.6) is 0 Å². The van der Waals surface area contributed by atoms with Crippen molar-refractivity contribution in [1.82, 2.24) is 5.32 Å². The third kappa shape index (κ3) is 2.34. The molecule has 0 aromatic heterocycles. The molecule has 3 heteroatoms. The molecule has 0 aromatic rings. The minimum atomic E-state index is -0.202. The highest BCUT2D eigenvalue weighted by Crippen LogP contribution is 2.50. The average Bonchev–Trinajstić information content (AvgIpc) is 3.12. The zero-order chi connectivity index (χ0) is 14.9. The second-order valence-electron chi connectivity index (χ2n) is 5.73. The van der Waals surface area contributed by atoms with Crippen molar-refractivity contribution in [2.75, 3.05) is 0 Å². The van der Waals surface area contributed by atoms with E-state index in [1.807, 2.05) is 12.2 Å². The molecule has 0 aliphatic heterocycles. The molecule has 0 saturated heterocycles. The van der Waals surface area contributed by atoms with Crippen LogP contribution in [0.4, 0.5) is 0 Å². The van der Waals surface area contributed by atoms with Crippen molar-refractivity contribution in [2.24, 2.45) is 17.4 Å². The lowest BCUT2D eigenvalue weighted by Crippen LogP contribution is -2.40. The van der Waals surface area contributed by atoms with E-state index in [0.29, 0.717) is 11.6 Å². The Labute approximate surface area is 121 Å². The van der Waals surface area contributed by atoms with Crippen LogP contribution in [0.1, 0.15) is 26.2 Å². The standard InChI is InChI=1S/C17H25N3/c1-5-13-8-7-9-15(19)16(13)11(3)20-17(12(4)18)10-14(17)6-2/h5,7-8,14-15,20H,1,3-4,6,9-10,18-19H2,2H3. The quantitative estimate of drug-likeness (QED) is 0.695. The maximum absolute atomic E-state index is 6.22. The molecule has 0 aromatic carbocycles. The lowest BCUT2D eigenvalue weighted by atomic mass is 9.90. The summed E-state index contributed by atoms with van der Waals surface area (Å²) in [5.74, 6) is 0.528. The Morgan fingerprint density at radius 3 is 2.75 bits per heavy atom. The van der Waals surface area contributed by atoms with Crippen LogP contribution in [0.25, 0.3) is 0 Å². The molecule has 20 heavy (non-hydrogen) atoms. The number of nitrogens with two attached hydrogens (primary N) is 2. The molecule has 108 valence electrons. The van der Waals surface area contributed by atoms with Gasteiger partial charge in [0.2, 0.25) is 0 Å². The Bertz CT molecular complexity index is 512. The summed E-state index contributed by atoms with van der Waals surface area (Å²) in [4.78, 5) is 0. The fraction of sp³-hybridized carbons (Fsp3) is 0.412. The normalized spacial score (nSPS) is 31.9. The predicted molar refractivity (Wildman–Crippen MR) is 85.7 cm³/mol. The zero-order valence-corrected chi connectivity index (χ0v) is 12.3. The van der Waals surface area contributed by atoms with E-state index in [9.17, 15) is 0 Å². The maximum atomic E-state index is 6.22. The molecule has 1 fully saturated rings. The smallest absolute Gasteiger partial charge is 0.0794 e. The summed E-state index contributed by atoms with van der Waals surface area (Å²) in [6, 6.07) is -0.0464. The molecule has 5 N–H and O–H groups in total. The van der Waals surface area contributed by atoms with E-state index in [1.165, 1.54) is 0 Å². The highest BCUT2D eigenvalue weighted by atomic mass is 15.1. The number of rotatable bonds is 6. The van der Waals surface area contributed by atoms with Crippen molar-refractivity contribution in [1.29, 1.82) is 0 Å². The molecular formula is C17H25N3. The van der Waals surface area contributed by atoms with Gasteiger partial charge >= 0.3 is 0 Å². The molecule has 2 aliphatic rings. The topological polar surface area (TPSA) is 64.1 Å². The number of allylic oxidation sites excluding steroid dienone is 3. The summed E-state index contributed by atoms with van der Waals surface area (Å²) in [7, 11) is 0. The van der Waals surface area contributed by atoms with Gasteiger partial charge in [-0.25, -0.2) is 0 Å². The van der Waals surface area contributed by atoms with Gasteiger partial charge in [0.1, 0.15) is 0 Å². The first-order chi connectivity index (χ1) is 9.46. The van der Waals surface area contributed by atoms with E-state index < -0.39 is 0 Å². The van der Waals surface area contributed by atoms with Crippen LogP contribution >= 0.6 is 0 Å². The van der Waals surface area contributed by atoms with Gasteiger partial charge in [0, 0.05) is 17.4 Å². The Hall–Kier alpha value is -1.74. The van der Waals surface area contributed by atoms with E-state index in [0.717, 1.165) is 36.1 Å². The first-order valence-electron chi connectivity index (χ1n) is 7.17. The highest BCUT2D eigenvalue weighted by molar-refractivity contribution is 5.50. The molecule has 3 atom stereocenters. The second kappa shape index (κ2) is 5.33. The van der Waals surface area contributed by atoms with Gasteiger partial charge in [0.05, 0.1) is 5.54 Å². The summed E-state index contributed by atoms with van der Waals surface area (Å²) < 4.78 is 0. The maximum Gasteiger partial charge on any atom is 0.0794 e. The van der Waals surface area contributed by atoms with Gasteiger partial charge in [0.15, 0.2) is 0 Å². The van der Waals surface area contributed by atoms with Crippen LogP contribution in [0, 0.1) is 5.92 Å². The van der Waals surface area contributed by atoms with Crippen LogP contribution < -0.4 is 16.8 Å². The molecule has 3 unspecified atom stereocenters. The second-order valence-corrected chi connectivity index (χ2v) is 5.73. The fourth-order valence-electron chi connectivity index (χ4n) is 3.13. The van der Waals surface area contributed by atoms with Crippen molar-refractivity contribution < 1.29 is 0 Å². The number of nitrogens with one attached hydrogen (secondary N) is 1.